The first-order valence-electron chi connectivity index (χ1n) is 6.37. The number of ether oxygens (including phenoxy) is 1. The highest BCUT2D eigenvalue weighted by Crippen LogP contribution is 2.32. The van der Waals surface area contributed by atoms with Crippen LogP contribution < -0.4 is 4.74 Å². The van der Waals surface area contributed by atoms with E-state index in [-0.39, 0.29) is 22.0 Å². The maximum atomic E-state index is 13.3. The van der Waals surface area contributed by atoms with Crippen LogP contribution >= 0.6 is 11.6 Å². The second-order valence-corrected chi connectivity index (χ2v) is 4.86. The average molecular weight is 341 g/mol. The molecule has 0 radical (unpaired) electrons. The SMILES string of the molecule is COc1ccc(/C(=C\[N+](=O)[O-])CF)nc1-c1ccc(F)c(Cl)c1. The maximum Gasteiger partial charge on any atom is 0.242 e. The van der Waals surface area contributed by atoms with Crippen LogP contribution in [0.15, 0.2) is 36.5 Å². The molecule has 0 aliphatic carbocycles. The molecule has 0 saturated carbocycles. The summed E-state index contributed by atoms with van der Waals surface area (Å²) in [6.45, 7) is -1.05. The van der Waals surface area contributed by atoms with E-state index in [1.54, 1.807) is 0 Å². The second kappa shape index (κ2) is 7.15. The lowest BCUT2D eigenvalue weighted by molar-refractivity contribution is -0.401. The van der Waals surface area contributed by atoms with Gasteiger partial charge in [0.15, 0.2) is 0 Å². The van der Waals surface area contributed by atoms with E-state index in [0.717, 1.165) is 6.07 Å². The van der Waals surface area contributed by atoms with Crippen molar-refractivity contribution >= 4 is 17.2 Å². The molecule has 8 heteroatoms. The van der Waals surface area contributed by atoms with E-state index >= 15 is 0 Å². The van der Waals surface area contributed by atoms with E-state index in [0.29, 0.717) is 17.5 Å². The Balaban J connectivity index is 2.59. The number of hydrogen-bond donors (Lipinski definition) is 0. The van der Waals surface area contributed by atoms with Crippen LogP contribution in [0.4, 0.5) is 8.78 Å². The summed E-state index contributed by atoms with van der Waals surface area (Å²) in [5, 5.41) is 10.4. The lowest BCUT2D eigenvalue weighted by Gasteiger charge is -2.10. The zero-order chi connectivity index (χ0) is 17.0. The van der Waals surface area contributed by atoms with E-state index in [1.807, 2.05) is 0 Å². The van der Waals surface area contributed by atoms with Gasteiger partial charge in [-0.2, -0.15) is 0 Å². The van der Waals surface area contributed by atoms with E-state index in [4.69, 9.17) is 16.3 Å². The van der Waals surface area contributed by atoms with Crippen molar-refractivity contribution in [2.75, 3.05) is 13.8 Å². The number of halogens is 3. The van der Waals surface area contributed by atoms with E-state index in [2.05, 4.69) is 4.98 Å². The van der Waals surface area contributed by atoms with Crippen molar-refractivity contribution in [2.45, 2.75) is 0 Å². The second-order valence-electron chi connectivity index (χ2n) is 4.45. The molecule has 0 saturated heterocycles. The first-order valence-corrected chi connectivity index (χ1v) is 6.75. The van der Waals surface area contributed by atoms with Gasteiger partial charge in [0.1, 0.15) is 23.9 Å². The van der Waals surface area contributed by atoms with Gasteiger partial charge in [-0.05, 0) is 30.3 Å². The lowest BCUT2D eigenvalue weighted by atomic mass is 10.1. The van der Waals surface area contributed by atoms with Crippen molar-refractivity contribution in [1.82, 2.24) is 4.98 Å². The summed E-state index contributed by atoms with van der Waals surface area (Å²) < 4.78 is 31.5. The molecule has 2 rings (SSSR count). The summed E-state index contributed by atoms with van der Waals surface area (Å²) in [7, 11) is 1.41. The number of methoxy groups -OCH3 is 1. The quantitative estimate of drug-likeness (QED) is 0.606. The van der Waals surface area contributed by atoms with Crippen molar-refractivity contribution in [3.63, 3.8) is 0 Å². The van der Waals surface area contributed by atoms with Gasteiger partial charge in [0, 0.05) is 5.56 Å². The molecule has 5 nitrogen and oxygen atoms in total. The molecule has 0 amide bonds. The van der Waals surface area contributed by atoms with Crippen molar-refractivity contribution in [2.24, 2.45) is 0 Å². The fraction of sp³-hybridized carbons (Fsp3) is 0.133. The molecule has 120 valence electrons. The van der Waals surface area contributed by atoms with Gasteiger partial charge < -0.3 is 4.74 Å². The van der Waals surface area contributed by atoms with Crippen LogP contribution in [-0.4, -0.2) is 23.7 Å². The number of nitrogens with zero attached hydrogens (tertiary/aromatic N) is 2. The van der Waals surface area contributed by atoms with Crippen LogP contribution in [0.25, 0.3) is 16.8 Å². The molecule has 23 heavy (non-hydrogen) atoms. The van der Waals surface area contributed by atoms with Crippen molar-refractivity contribution in [3.8, 4) is 17.0 Å². The summed E-state index contributed by atoms with van der Waals surface area (Å²) in [4.78, 5) is 14.0. The van der Waals surface area contributed by atoms with Crippen molar-refractivity contribution < 1.29 is 18.4 Å². The summed E-state index contributed by atoms with van der Waals surface area (Å²) in [5.74, 6) is -0.251. The van der Waals surface area contributed by atoms with E-state index in [9.17, 15) is 18.9 Å². The topological polar surface area (TPSA) is 65.3 Å². The molecule has 0 unspecified atom stereocenters. The third-order valence-electron chi connectivity index (χ3n) is 3.01. The van der Waals surface area contributed by atoms with Gasteiger partial charge in [-0.1, -0.05) is 11.6 Å². The molecule has 0 aliphatic rings. The van der Waals surface area contributed by atoms with Crippen LogP contribution in [0.5, 0.6) is 5.75 Å². The highest BCUT2D eigenvalue weighted by Gasteiger charge is 2.15. The number of alkyl halides is 1. The smallest absolute Gasteiger partial charge is 0.242 e. The first kappa shape index (κ1) is 16.8. The number of allylic oxidation sites excluding steroid dienone is 1. The minimum Gasteiger partial charge on any atom is -0.494 e. The van der Waals surface area contributed by atoms with E-state index in [1.165, 1.54) is 31.4 Å². The molecule has 0 N–H and O–H groups in total. The number of aromatic nitrogens is 1. The Hall–Kier alpha value is -2.54. The van der Waals surface area contributed by atoms with Crippen LogP contribution in [-0.2, 0) is 0 Å². The molecule has 2 aromatic rings. The van der Waals surface area contributed by atoms with Crippen LogP contribution in [0, 0.1) is 15.9 Å². The highest BCUT2D eigenvalue weighted by molar-refractivity contribution is 6.31. The fourth-order valence-corrected chi connectivity index (χ4v) is 2.12. The average Bonchev–Trinajstić information content (AvgIpc) is 2.54. The number of pyridine rings is 1. The Kier molecular flexibility index (Phi) is 5.23. The Morgan fingerprint density at radius 1 is 1.43 bits per heavy atom. The first-order chi connectivity index (χ1) is 11.0. The Morgan fingerprint density at radius 3 is 2.74 bits per heavy atom. The molecule has 0 aliphatic heterocycles. The molecular formula is C15H11ClF2N2O3. The largest absolute Gasteiger partial charge is 0.494 e. The number of hydrogen-bond acceptors (Lipinski definition) is 4. The van der Waals surface area contributed by atoms with Gasteiger partial charge >= 0.3 is 0 Å². The Bertz CT molecular complexity index is 781. The molecule has 0 atom stereocenters. The molecule has 1 aromatic carbocycles. The fourth-order valence-electron chi connectivity index (χ4n) is 1.94. The molecule has 1 heterocycles. The predicted octanol–water partition coefficient (Wildman–Crippen LogP) is 4.14. The molecule has 0 spiro atoms. The summed E-state index contributed by atoms with van der Waals surface area (Å²) in [5.41, 5.74) is 0.608. The van der Waals surface area contributed by atoms with E-state index < -0.39 is 17.4 Å². The zero-order valence-corrected chi connectivity index (χ0v) is 12.7. The summed E-state index contributed by atoms with van der Waals surface area (Å²) in [6, 6.07) is 6.84. The normalized spacial score (nSPS) is 11.4. The molecular weight excluding hydrogens is 330 g/mol. The van der Waals surface area contributed by atoms with Crippen LogP contribution in [0.3, 0.4) is 0 Å². The van der Waals surface area contributed by atoms with Gasteiger partial charge in [-0.15, -0.1) is 0 Å². The summed E-state index contributed by atoms with van der Waals surface area (Å²) >= 11 is 5.75. The number of nitro groups is 1. The number of benzene rings is 1. The van der Waals surface area contributed by atoms with Gasteiger partial charge in [0.2, 0.25) is 6.20 Å². The minimum atomic E-state index is -1.05. The monoisotopic (exact) mass is 340 g/mol. The number of rotatable bonds is 5. The third kappa shape index (κ3) is 3.81. The van der Waals surface area contributed by atoms with Crippen molar-refractivity contribution in [1.29, 1.82) is 0 Å². The van der Waals surface area contributed by atoms with Gasteiger partial charge in [0.05, 0.1) is 28.3 Å². The highest BCUT2D eigenvalue weighted by atomic mass is 35.5. The Morgan fingerprint density at radius 2 is 2.17 bits per heavy atom. The summed E-state index contributed by atoms with van der Waals surface area (Å²) in [6.07, 6.45) is 0.552. The van der Waals surface area contributed by atoms with Crippen LogP contribution in [0.1, 0.15) is 5.69 Å². The third-order valence-corrected chi connectivity index (χ3v) is 3.30. The molecule has 0 fully saturated rings. The molecule has 0 bridgehead atoms. The Labute approximate surface area is 135 Å². The van der Waals surface area contributed by atoms with Gasteiger partial charge in [0.25, 0.3) is 0 Å². The van der Waals surface area contributed by atoms with Gasteiger partial charge in [-0.25, -0.2) is 13.8 Å². The lowest BCUT2D eigenvalue weighted by Crippen LogP contribution is -1.99. The maximum absolute atomic E-state index is 13.3. The standard InChI is InChI=1S/C15H11ClF2N2O3/c1-23-14-5-4-13(10(7-17)8-20(21)22)19-15(14)9-2-3-12(18)11(16)6-9/h2-6,8H,7H2,1H3/b10-8-. The molecule has 1 aromatic heterocycles. The van der Waals surface area contributed by atoms with Crippen LogP contribution in [0.2, 0.25) is 5.02 Å². The minimum absolute atomic E-state index is 0.0837. The van der Waals surface area contributed by atoms with Crippen molar-refractivity contribution in [3.05, 3.63) is 63.2 Å². The zero-order valence-electron chi connectivity index (χ0n) is 11.9. The van der Waals surface area contributed by atoms with Gasteiger partial charge in [-0.3, -0.25) is 10.1 Å². The predicted molar refractivity (Wildman–Crippen MR) is 82.1 cm³/mol.